The SMILES string of the molecule is Cc1nc2cc(CCNC(=O)c3ccc(N(C)C)cc3)ccc2o1. The van der Waals surface area contributed by atoms with Gasteiger partial charge in [-0.3, -0.25) is 4.79 Å². The largest absolute Gasteiger partial charge is 0.441 e. The fourth-order valence-corrected chi connectivity index (χ4v) is 2.58. The van der Waals surface area contributed by atoms with Crippen LogP contribution in [-0.2, 0) is 6.42 Å². The van der Waals surface area contributed by atoms with Gasteiger partial charge < -0.3 is 14.6 Å². The molecular formula is C19H21N3O2. The minimum atomic E-state index is -0.0568. The van der Waals surface area contributed by atoms with Gasteiger partial charge in [-0.1, -0.05) is 6.07 Å². The predicted octanol–water partition coefficient (Wildman–Crippen LogP) is 3.17. The van der Waals surface area contributed by atoms with Gasteiger partial charge in [0.15, 0.2) is 11.5 Å². The number of benzene rings is 2. The zero-order valence-electron chi connectivity index (χ0n) is 14.2. The van der Waals surface area contributed by atoms with Crippen LogP contribution in [0.2, 0.25) is 0 Å². The molecule has 0 fully saturated rings. The Morgan fingerprint density at radius 2 is 1.92 bits per heavy atom. The van der Waals surface area contributed by atoms with Crippen molar-refractivity contribution in [1.29, 1.82) is 0 Å². The molecule has 0 aliphatic carbocycles. The molecule has 124 valence electrons. The van der Waals surface area contributed by atoms with Crippen molar-refractivity contribution in [3.8, 4) is 0 Å². The van der Waals surface area contributed by atoms with Crippen LogP contribution in [0.4, 0.5) is 5.69 Å². The number of aryl methyl sites for hydroxylation is 1. The molecule has 0 saturated carbocycles. The van der Waals surface area contributed by atoms with E-state index in [4.69, 9.17) is 4.42 Å². The first-order chi connectivity index (χ1) is 11.5. The minimum absolute atomic E-state index is 0.0568. The molecule has 1 N–H and O–H groups in total. The van der Waals surface area contributed by atoms with E-state index in [0.717, 1.165) is 28.8 Å². The third-order valence-electron chi connectivity index (χ3n) is 3.90. The summed E-state index contributed by atoms with van der Waals surface area (Å²) in [5.74, 6) is 0.607. The normalized spacial score (nSPS) is 10.8. The third-order valence-corrected chi connectivity index (χ3v) is 3.90. The highest BCUT2D eigenvalue weighted by Crippen LogP contribution is 2.17. The lowest BCUT2D eigenvalue weighted by atomic mass is 10.1. The number of carbonyl (C=O) groups is 1. The van der Waals surface area contributed by atoms with E-state index in [1.165, 1.54) is 0 Å². The van der Waals surface area contributed by atoms with Gasteiger partial charge in [-0.2, -0.15) is 0 Å². The molecule has 0 unspecified atom stereocenters. The van der Waals surface area contributed by atoms with Gasteiger partial charge in [-0.25, -0.2) is 4.98 Å². The number of anilines is 1. The second kappa shape index (κ2) is 6.74. The molecule has 2 aromatic carbocycles. The van der Waals surface area contributed by atoms with Crippen LogP contribution in [0.3, 0.4) is 0 Å². The molecular weight excluding hydrogens is 302 g/mol. The Bertz CT molecular complexity index is 851. The number of nitrogens with zero attached hydrogens (tertiary/aromatic N) is 2. The van der Waals surface area contributed by atoms with E-state index in [0.29, 0.717) is 18.0 Å². The van der Waals surface area contributed by atoms with Crippen LogP contribution >= 0.6 is 0 Å². The van der Waals surface area contributed by atoms with Gasteiger partial charge in [0.1, 0.15) is 5.52 Å². The molecule has 3 rings (SSSR count). The Morgan fingerprint density at radius 3 is 2.62 bits per heavy atom. The van der Waals surface area contributed by atoms with Gasteiger partial charge >= 0.3 is 0 Å². The average molecular weight is 323 g/mol. The second-order valence-electron chi connectivity index (χ2n) is 5.98. The first-order valence-corrected chi connectivity index (χ1v) is 7.94. The van der Waals surface area contributed by atoms with E-state index in [2.05, 4.69) is 10.3 Å². The minimum Gasteiger partial charge on any atom is -0.441 e. The summed E-state index contributed by atoms with van der Waals surface area (Å²) >= 11 is 0. The molecule has 1 heterocycles. The summed E-state index contributed by atoms with van der Waals surface area (Å²) in [6, 6.07) is 13.5. The molecule has 0 aliphatic heterocycles. The Labute approximate surface area is 141 Å². The molecule has 0 aliphatic rings. The van der Waals surface area contributed by atoms with Crippen LogP contribution < -0.4 is 10.2 Å². The van der Waals surface area contributed by atoms with Gasteiger partial charge in [0.25, 0.3) is 5.91 Å². The topological polar surface area (TPSA) is 58.4 Å². The number of aromatic nitrogens is 1. The van der Waals surface area contributed by atoms with E-state index in [-0.39, 0.29) is 5.91 Å². The Morgan fingerprint density at radius 1 is 1.17 bits per heavy atom. The quantitative estimate of drug-likeness (QED) is 0.783. The van der Waals surface area contributed by atoms with Crippen molar-refractivity contribution in [2.45, 2.75) is 13.3 Å². The van der Waals surface area contributed by atoms with Crippen LogP contribution in [0.1, 0.15) is 21.8 Å². The highest BCUT2D eigenvalue weighted by Gasteiger charge is 2.07. The van der Waals surface area contributed by atoms with Crippen LogP contribution in [0, 0.1) is 6.92 Å². The molecule has 0 spiro atoms. The summed E-state index contributed by atoms with van der Waals surface area (Å²) in [5.41, 5.74) is 4.52. The van der Waals surface area contributed by atoms with Crippen molar-refractivity contribution in [3.05, 3.63) is 59.5 Å². The summed E-state index contributed by atoms with van der Waals surface area (Å²) in [7, 11) is 3.95. The summed E-state index contributed by atoms with van der Waals surface area (Å²) in [6.07, 6.45) is 0.753. The van der Waals surface area contributed by atoms with Gasteiger partial charge in [0, 0.05) is 38.8 Å². The lowest BCUT2D eigenvalue weighted by Gasteiger charge is -2.12. The molecule has 0 radical (unpaired) electrons. The van der Waals surface area contributed by atoms with E-state index < -0.39 is 0 Å². The lowest BCUT2D eigenvalue weighted by Crippen LogP contribution is -2.25. The number of hydrogen-bond donors (Lipinski definition) is 1. The van der Waals surface area contributed by atoms with Gasteiger partial charge in [-0.15, -0.1) is 0 Å². The van der Waals surface area contributed by atoms with Crippen molar-refractivity contribution in [2.75, 3.05) is 25.5 Å². The molecule has 0 bridgehead atoms. The maximum atomic E-state index is 12.2. The van der Waals surface area contributed by atoms with Gasteiger partial charge in [0.2, 0.25) is 0 Å². The maximum absolute atomic E-state index is 12.2. The predicted molar refractivity (Wildman–Crippen MR) is 95.6 cm³/mol. The van der Waals surface area contributed by atoms with Gasteiger partial charge in [-0.05, 0) is 48.4 Å². The smallest absolute Gasteiger partial charge is 0.251 e. The Kier molecular flexibility index (Phi) is 4.51. The molecule has 5 heteroatoms. The number of nitrogens with one attached hydrogen (secondary N) is 1. The van der Waals surface area contributed by atoms with Crippen molar-refractivity contribution in [2.24, 2.45) is 0 Å². The van der Waals surface area contributed by atoms with Crippen molar-refractivity contribution < 1.29 is 9.21 Å². The molecule has 0 saturated heterocycles. The molecule has 1 aromatic heterocycles. The van der Waals surface area contributed by atoms with Crippen molar-refractivity contribution in [1.82, 2.24) is 10.3 Å². The zero-order valence-corrected chi connectivity index (χ0v) is 14.2. The molecule has 0 atom stereocenters. The Hall–Kier alpha value is -2.82. The summed E-state index contributed by atoms with van der Waals surface area (Å²) < 4.78 is 5.47. The second-order valence-corrected chi connectivity index (χ2v) is 5.98. The van der Waals surface area contributed by atoms with E-state index in [1.807, 2.05) is 68.4 Å². The number of oxazole rings is 1. The monoisotopic (exact) mass is 323 g/mol. The molecule has 24 heavy (non-hydrogen) atoms. The number of hydrogen-bond acceptors (Lipinski definition) is 4. The Balaban J connectivity index is 1.57. The fraction of sp³-hybridized carbons (Fsp3) is 0.263. The van der Waals surface area contributed by atoms with Crippen LogP contribution in [0.5, 0.6) is 0 Å². The third kappa shape index (κ3) is 3.56. The van der Waals surface area contributed by atoms with Crippen LogP contribution in [0.25, 0.3) is 11.1 Å². The molecule has 3 aromatic rings. The number of carbonyl (C=O) groups excluding carboxylic acids is 1. The van der Waals surface area contributed by atoms with E-state index in [1.54, 1.807) is 0 Å². The first kappa shape index (κ1) is 16.1. The van der Waals surface area contributed by atoms with Crippen LogP contribution in [0.15, 0.2) is 46.9 Å². The van der Waals surface area contributed by atoms with Crippen LogP contribution in [-0.4, -0.2) is 31.5 Å². The highest BCUT2D eigenvalue weighted by molar-refractivity contribution is 5.94. The van der Waals surface area contributed by atoms with E-state index >= 15 is 0 Å². The van der Waals surface area contributed by atoms with Crippen molar-refractivity contribution in [3.63, 3.8) is 0 Å². The first-order valence-electron chi connectivity index (χ1n) is 7.94. The number of fused-ring (bicyclic) bond motifs is 1. The summed E-state index contributed by atoms with van der Waals surface area (Å²) in [6.45, 7) is 2.41. The van der Waals surface area contributed by atoms with Crippen molar-refractivity contribution >= 4 is 22.7 Å². The number of rotatable bonds is 5. The summed E-state index contributed by atoms with van der Waals surface area (Å²) in [5, 5.41) is 2.95. The molecule has 1 amide bonds. The molecule has 5 nitrogen and oxygen atoms in total. The fourth-order valence-electron chi connectivity index (χ4n) is 2.58. The number of amides is 1. The van der Waals surface area contributed by atoms with E-state index in [9.17, 15) is 4.79 Å². The average Bonchev–Trinajstić information content (AvgIpc) is 2.94. The lowest BCUT2D eigenvalue weighted by molar-refractivity contribution is 0.0954. The maximum Gasteiger partial charge on any atom is 0.251 e. The highest BCUT2D eigenvalue weighted by atomic mass is 16.3. The van der Waals surface area contributed by atoms with Gasteiger partial charge in [0.05, 0.1) is 0 Å². The standard InChI is InChI=1S/C19H21N3O2/c1-13-21-17-12-14(4-9-18(17)24-13)10-11-20-19(23)15-5-7-16(8-6-15)22(2)3/h4-9,12H,10-11H2,1-3H3,(H,20,23). The zero-order chi connectivity index (χ0) is 17.1. The summed E-state index contributed by atoms with van der Waals surface area (Å²) in [4.78, 5) is 18.5.